The molecule has 0 atom stereocenters. The zero-order chi connectivity index (χ0) is 16.9. The first-order chi connectivity index (χ1) is 11.7. The number of anilines is 1. The first-order valence-corrected chi connectivity index (χ1v) is 8.33. The zero-order valence-electron chi connectivity index (χ0n) is 13.8. The van der Waals surface area contributed by atoms with Crippen molar-refractivity contribution < 1.29 is 14.3 Å². The van der Waals surface area contributed by atoms with E-state index < -0.39 is 5.97 Å². The van der Waals surface area contributed by atoms with Crippen LogP contribution in [0.4, 0.5) is 5.69 Å². The van der Waals surface area contributed by atoms with E-state index >= 15 is 0 Å². The van der Waals surface area contributed by atoms with E-state index in [0.29, 0.717) is 11.3 Å². The smallest absolute Gasteiger partial charge is 0.338 e. The number of carbonyl (C=O) groups excluding carboxylic acids is 2. The van der Waals surface area contributed by atoms with Crippen molar-refractivity contribution in [2.45, 2.75) is 32.6 Å². The van der Waals surface area contributed by atoms with E-state index in [2.05, 4.69) is 12.2 Å². The van der Waals surface area contributed by atoms with Crippen LogP contribution in [0, 0.1) is 0 Å². The Morgan fingerprint density at radius 3 is 2.75 bits per heavy atom. The monoisotopic (exact) mass is 323 g/mol. The maximum atomic E-state index is 12.1. The average Bonchev–Trinajstić information content (AvgIpc) is 3.07. The van der Waals surface area contributed by atoms with Gasteiger partial charge in [0.25, 0.3) is 5.91 Å². The molecule has 0 aromatic heterocycles. The predicted molar refractivity (Wildman–Crippen MR) is 93.2 cm³/mol. The van der Waals surface area contributed by atoms with Gasteiger partial charge in [0.05, 0.1) is 5.56 Å². The normalized spacial score (nSPS) is 12.5. The molecule has 0 spiro atoms. The van der Waals surface area contributed by atoms with Gasteiger partial charge in [0.15, 0.2) is 6.61 Å². The molecule has 4 nitrogen and oxygen atoms in total. The Hall–Kier alpha value is -2.62. The molecule has 0 bridgehead atoms. The number of carbonyl (C=O) groups is 2. The molecule has 1 aliphatic carbocycles. The molecule has 1 amide bonds. The molecule has 0 saturated heterocycles. The van der Waals surface area contributed by atoms with Crippen LogP contribution in [0.3, 0.4) is 0 Å². The van der Waals surface area contributed by atoms with Crippen molar-refractivity contribution in [1.29, 1.82) is 0 Å². The molecule has 0 heterocycles. The molecule has 0 aliphatic heterocycles. The van der Waals surface area contributed by atoms with Crippen molar-refractivity contribution in [3.05, 3.63) is 64.7 Å². The zero-order valence-corrected chi connectivity index (χ0v) is 13.8. The molecule has 3 rings (SSSR count). The summed E-state index contributed by atoms with van der Waals surface area (Å²) in [6, 6.07) is 13.3. The highest BCUT2D eigenvalue weighted by molar-refractivity contribution is 5.95. The van der Waals surface area contributed by atoms with Crippen molar-refractivity contribution in [3.8, 4) is 0 Å². The Morgan fingerprint density at radius 1 is 1.08 bits per heavy atom. The maximum Gasteiger partial charge on any atom is 0.338 e. The van der Waals surface area contributed by atoms with Crippen LogP contribution >= 0.6 is 0 Å². The lowest BCUT2D eigenvalue weighted by Gasteiger charge is -2.08. The summed E-state index contributed by atoms with van der Waals surface area (Å²) in [5, 5.41) is 2.75. The molecule has 0 fully saturated rings. The van der Waals surface area contributed by atoms with Gasteiger partial charge in [0.2, 0.25) is 0 Å². The Kier molecular flexibility index (Phi) is 4.94. The Bertz CT molecular complexity index is 767. The molecule has 24 heavy (non-hydrogen) atoms. The number of amides is 1. The van der Waals surface area contributed by atoms with Gasteiger partial charge < -0.3 is 10.1 Å². The molecular formula is C20H21NO3. The fourth-order valence-electron chi connectivity index (χ4n) is 2.98. The van der Waals surface area contributed by atoms with Crippen LogP contribution in [-0.2, 0) is 28.8 Å². The van der Waals surface area contributed by atoms with Crippen LogP contribution in [-0.4, -0.2) is 18.5 Å². The van der Waals surface area contributed by atoms with Gasteiger partial charge in [0.1, 0.15) is 0 Å². The maximum absolute atomic E-state index is 12.1. The predicted octanol–water partition coefficient (Wildman–Crippen LogP) is 3.53. The second-order valence-corrected chi connectivity index (χ2v) is 6.02. The molecule has 1 aliphatic rings. The highest BCUT2D eigenvalue weighted by Crippen LogP contribution is 2.23. The second-order valence-electron chi connectivity index (χ2n) is 6.02. The van der Waals surface area contributed by atoms with Crippen molar-refractivity contribution in [2.24, 2.45) is 0 Å². The summed E-state index contributed by atoms with van der Waals surface area (Å²) in [6.07, 6.45) is 4.11. The van der Waals surface area contributed by atoms with Gasteiger partial charge in [-0.3, -0.25) is 4.79 Å². The Balaban J connectivity index is 1.54. The molecule has 1 N–H and O–H groups in total. The van der Waals surface area contributed by atoms with Crippen LogP contribution in [0.1, 0.15) is 40.4 Å². The quantitative estimate of drug-likeness (QED) is 0.856. The van der Waals surface area contributed by atoms with Crippen LogP contribution in [0.5, 0.6) is 0 Å². The van der Waals surface area contributed by atoms with Gasteiger partial charge in [-0.2, -0.15) is 0 Å². The second kappa shape index (κ2) is 7.30. The molecule has 0 saturated carbocycles. The van der Waals surface area contributed by atoms with E-state index in [1.807, 2.05) is 36.4 Å². The van der Waals surface area contributed by atoms with Gasteiger partial charge in [0, 0.05) is 5.69 Å². The largest absolute Gasteiger partial charge is 0.452 e. The first kappa shape index (κ1) is 16.2. The van der Waals surface area contributed by atoms with E-state index in [1.54, 1.807) is 6.07 Å². The van der Waals surface area contributed by atoms with Crippen LogP contribution in [0.25, 0.3) is 0 Å². The molecule has 124 valence electrons. The fraction of sp³-hybridized carbons (Fsp3) is 0.300. The van der Waals surface area contributed by atoms with Gasteiger partial charge in [-0.05, 0) is 66.6 Å². The molecule has 0 unspecified atom stereocenters. The summed E-state index contributed by atoms with van der Waals surface area (Å²) in [5.41, 5.74) is 4.89. The number of rotatable bonds is 5. The van der Waals surface area contributed by atoms with Crippen LogP contribution in [0.2, 0.25) is 0 Å². The number of aryl methyl sites for hydroxylation is 3. The highest BCUT2D eigenvalue weighted by atomic mass is 16.5. The van der Waals surface area contributed by atoms with Gasteiger partial charge in [-0.1, -0.05) is 25.1 Å². The minimum atomic E-state index is -0.456. The number of esters is 1. The van der Waals surface area contributed by atoms with Gasteiger partial charge in [-0.15, -0.1) is 0 Å². The Labute approximate surface area is 141 Å². The summed E-state index contributed by atoms with van der Waals surface area (Å²) in [5.74, 6) is -0.792. The molecule has 0 radical (unpaired) electrons. The summed E-state index contributed by atoms with van der Waals surface area (Å²) >= 11 is 0. The van der Waals surface area contributed by atoms with Gasteiger partial charge in [-0.25, -0.2) is 4.79 Å². The van der Waals surface area contributed by atoms with E-state index in [-0.39, 0.29) is 12.5 Å². The number of ether oxygens (including phenoxy) is 1. The standard InChI is InChI=1S/C20H21NO3/c1-2-14-5-3-8-18(11-14)21-19(22)13-24-20(23)17-10-9-15-6-4-7-16(15)12-17/h3,5,8-12H,2,4,6-7,13H2,1H3,(H,21,22). The summed E-state index contributed by atoms with van der Waals surface area (Å²) in [6.45, 7) is 1.77. The van der Waals surface area contributed by atoms with Crippen molar-refractivity contribution in [2.75, 3.05) is 11.9 Å². The van der Waals surface area contributed by atoms with E-state index in [9.17, 15) is 9.59 Å². The lowest BCUT2D eigenvalue weighted by molar-refractivity contribution is -0.119. The molecular weight excluding hydrogens is 302 g/mol. The number of nitrogens with one attached hydrogen (secondary N) is 1. The molecule has 4 heteroatoms. The number of hydrogen-bond donors (Lipinski definition) is 1. The van der Waals surface area contributed by atoms with Crippen molar-refractivity contribution >= 4 is 17.6 Å². The summed E-state index contributed by atoms with van der Waals surface area (Å²) < 4.78 is 5.13. The molecule has 2 aromatic rings. The van der Waals surface area contributed by atoms with Gasteiger partial charge >= 0.3 is 5.97 Å². The topological polar surface area (TPSA) is 55.4 Å². The third-order valence-corrected chi connectivity index (χ3v) is 4.29. The number of benzene rings is 2. The number of hydrogen-bond acceptors (Lipinski definition) is 3. The SMILES string of the molecule is CCc1cccc(NC(=O)COC(=O)c2ccc3c(c2)CCC3)c1. The Morgan fingerprint density at radius 2 is 1.92 bits per heavy atom. The van der Waals surface area contributed by atoms with Crippen LogP contribution in [0.15, 0.2) is 42.5 Å². The number of fused-ring (bicyclic) bond motifs is 1. The summed E-state index contributed by atoms with van der Waals surface area (Å²) in [7, 11) is 0. The van der Waals surface area contributed by atoms with Crippen molar-refractivity contribution in [1.82, 2.24) is 0 Å². The van der Waals surface area contributed by atoms with Crippen molar-refractivity contribution in [3.63, 3.8) is 0 Å². The third kappa shape index (κ3) is 3.82. The van der Waals surface area contributed by atoms with E-state index in [1.165, 1.54) is 11.1 Å². The van der Waals surface area contributed by atoms with E-state index in [4.69, 9.17) is 4.74 Å². The van der Waals surface area contributed by atoms with Crippen LogP contribution < -0.4 is 5.32 Å². The summed E-state index contributed by atoms with van der Waals surface area (Å²) in [4.78, 5) is 24.0. The lowest BCUT2D eigenvalue weighted by Crippen LogP contribution is -2.21. The lowest BCUT2D eigenvalue weighted by atomic mass is 10.1. The molecule has 2 aromatic carbocycles. The highest BCUT2D eigenvalue weighted by Gasteiger charge is 2.15. The van der Waals surface area contributed by atoms with E-state index in [0.717, 1.165) is 31.2 Å². The first-order valence-electron chi connectivity index (χ1n) is 8.33. The minimum absolute atomic E-state index is 0.285. The third-order valence-electron chi connectivity index (χ3n) is 4.29. The fourth-order valence-corrected chi connectivity index (χ4v) is 2.98. The average molecular weight is 323 g/mol. The minimum Gasteiger partial charge on any atom is -0.452 e.